The smallest absolute Gasteiger partial charge is 0.239 e. The van der Waals surface area contributed by atoms with Crippen LogP contribution in [0.4, 0.5) is 0 Å². The maximum Gasteiger partial charge on any atom is 0.239 e. The highest BCUT2D eigenvalue weighted by Crippen LogP contribution is 2.20. The molecule has 158 valence electrons. The molecule has 1 aliphatic rings. The number of aryl methyl sites for hydroxylation is 1. The van der Waals surface area contributed by atoms with Crippen molar-refractivity contribution >= 4 is 35.8 Å². The van der Waals surface area contributed by atoms with Gasteiger partial charge in [-0.3, -0.25) is 9.79 Å². The van der Waals surface area contributed by atoms with Gasteiger partial charge in [-0.2, -0.15) is 0 Å². The zero-order chi connectivity index (χ0) is 19.5. The van der Waals surface area contributed by atoms with Crippen molar-refractivity contribution < 1.29 is 9.53 Å². The third kappa shape index (κ3) is 8.67. The Morgan fingerprint density at radius 3 is 2.64 bits per heavy atom. The van der Waals surface area contributed by atoms with E-state index in [0.29, 0.717) is 25.2 Å². The van der Waals surface area contributed by atoms with Gasteiger partial charge in [0.05, 0.1) is 13.2 Å². The molecule has 28 heavy (non-hydrogen) atoms. The molecular formula is C21H35IN4O2. The molecule has 1 amide bonds. The van der Waals surface area contributed by atoms with Gasteiger partial charge in [0.1, 0.15) is 5.75 Å². The molecule has 0 aliphatic heterocycles. The van der Waals surface area contributed by atoms with E-state index in [1.807, 2.05) is 0 Å². The number of hydrogen-bond donors (Lipinski definition) is 3. The highest BCUT2D eigenvalue weighted by Gasteiger charge is 2.15. The molecule has 0 spiro atoms. The Balaban J connectivity index is 0.00000392. The van der Waals surface area contributed by atoms with E-state index in [0.717, 1.165) is 30.6 Å². The van der Waals surface area contributed by atoms with Gasteiger partial charge in [-0.15, -0.1) is 24.0 Å². The Bertz CT molecular complexity index is 631. The molecule has 0 atom stereocenters. The summed E-state index contributed by atoms with van der Waals surface area (Å²) in [7, 11) is 1.71. The van der Waals surface area contributed by atoms with Crippen molar-refractivity contribution in [2.24, 2.45) is 4.99 Å². The fourth-order valence-electron chi connectivity index (χ4n) is 3.24. The predicted molar refractivity (Wildman–Crippen MR) is 126 cm³/mol. The average molecular weight is 502 g/mol. The summed E-state index contributed by atoms with van der Waals surface area (Å²) in [6, 6.07) is 6.52. The van der Waals surface area contributed by atoms with Gasteiger partial charge in [-0.05, 0) is 37.8 Å². The Hall–Kier alpha value is -1.51. The van der Waals surface area contributed by atoms with E-state index in [4.69, 9.17) is 4.74 Å². The van der Waals surface area contributed by atoms with Crippen LogP contribution in [0.25, 0.3) is 0 Å². The monoisotopic (exact) mass is 502 g/mol. The number of halogens is 1. The number of hydrogen-bond acceptors (Lipinski definition) is 3. The summed E-state index contributed by atoms with van der Waals surface area (Å²) < 4.78 is 5.85. The Morgan fingerprint density at radius 2 is 1.96 bits per heavy atom. The first-order valence-corrected chi connectivity index (χ1v) is 10.1. The minimum atomic E-state index is 0. The molecule has 7 heteroatoms. The van der Waals surface area contributed by atoms with E-state index in [9.17, 15) is 4.79 Å². The van der Waals surface area contributed by atoms with Crippen LogP contribution >= 0.6 is 24.0 Å². The Morgan fingerprint density at radius 1 is 1.21 bits per heavy atom. The first kappa shape index (κ1) is 24.5. The van der Waals surface area contributed by atoms with Crippen LogP contribution in [-0.4, -0.2) is 38.1 Å². The lowest BCUT2D eigenvalue weighted by atomic mass is 9.95. The topological polar surface area (TPSA) is 74.8 Å². The SMILES string of the molecule is CCCOc1cc(C)ccc1CNC(=NC)NCC(=O)NC1CCCCC1.I. The number of carbonyl (C=O) groups excluding carboxylic acids is 1. The number of nitrogens with one attached hydrogen (secondary N) is 3. The minimum Gasteiger partial charge on any atom is -0.493 e. The lowest BCUT2D eigenvalue weighted by molar-refractivity contribution is -0.120. The normalized spacial score (nSPS) is 14.8. The third-order valence-corrected chi connectivity index (χ3v) is 4.74. The molecule has 3 N–H and O–H groups in total. The number of rotatable bonds is 8. The Kier molecular flexibility index (Phi) is 11.9. The van der Waals surface area contributed by atoms with Gasteiger partial charge < -0.3 is 20.7 Å². The van der Waals surface area contributed by atoms with E-state index in [1.54, 1.807) is 7.05 Å². The summed E-state index contributed by atoms with van der Waals surface area (Å²) in [5.74, 6) is 1.53. The van der Waals surface area contributed by atoms with Crippen LogP contribution < -0.4 is 20.7 Å². The molecule has 0 saturated heterocycles. The number of aliphatic imine (C=N–C) groups is 1. The van der Waals surface area contributed by atoms with E-state index in [1.165, 1.54) is 24.8 Å². The lowest BCUT2D eigenvalue weighted by Gasteiger charge is -2.23. The molecule has 2 rings (SSSR count). The van der Waals surface area contributed by atoms with Gasteiger partial charge in [-0.25, -0.2) is 0 Å². The molecule has 1 aromatic carbocycles. The van der Waals surface area contributed by atoms with Crippen LogP contribution in [0.5, 0.6) is 5.75 Å². The zero-order valence-corrected chi connectivity index (χ0v) is 19.7. The van der Waals surface area contributed by atoms with Gasteiger partial charge >= 0.3 is 0 Å². The van der Waals surface area contributed by atoms with Gasteiger partial charge in [0.2, 0.25) is 5.91 Å². The second-order valence-corrected chi connectivity index (χ2v) is 7.14. The van der Waals surface area contributed by atoms with E-state index in [2.05, 4.69) is 53.0 Å². The van der Waals surface area contributed by atoms with Gasteiger partial charge in [0.15, 0.2) is 5.96 Å². The predicted octanol–water partition coefficient (Wildman–Crippen LogP) is 3.52. The number of amides is 1. The largest absolute Gasteiger partial charge is 0.493 e. The summed E-state index contributed by atoms with van der Waals surface area (Å²) in [6.07, 6.45) is 6.85. The molecule has 0 bridgehead atoms. The molecule has 0 heterocycles. The van der Waals surface area contributed by atoms with Crippen molar-refractivity contribution in [2.45, 2.75) is 65.0 Å². The quantitative estimate of drug-likeness (QED) is 0.289. The summed E-state index contributed by atoms with van der Waals surface area (Å²) in [4.78, 5) is 16.3. The van der Waals surface area contributed by atoms with Crippen LogP contribution in [0.3, 0.4) is 0 Å². The van der Waals surface area contributed by atoms with Crippen molar-refractivity contribution in [3.8, 4) is 5.75 Å². The van der Waals surface area contributed by atoms with E-state index in [-0.39, 0.29) is 36.4 Å². The molecule has 1 aromatic rings. The van der Waals surface area contributed by atoms with Crippen LogP contribution in [0.2, 0.25) is 0 Å². The summed E-state index contributed by atoms with van der Waals surface area (Å²) >= 11 is 0. The lowest BCUT2D eigenvalue weighted by Crippen LogP contribution is -2.45. The number of benzene rings is 1. The molecule has 1 fully saturated rings. The molecule has 0 unspecified atom stereocenters. The first-order chi connectivity index (χ1) is 13.1. The van der Waals surface area contributed by atoms with Gasteiger partial charge in [0, 0.05) is 25.2 Å². The van der Waals surface area contributed by atoms with E-state index >= 15 is 0 Å². The van der Waals surface area contributed by atoms with Crippen molar-refractivity contribution in [3.63, 3.8) is 0 Å². The second-order valence-electron chi connectivity index (χ2n) is 7.14. The van der Waals surface area contributed by atoms with Crippen molar-refractivity contribution in [3.05, 3.63) is 29.3 Å². The summed E-state index contributed by atoms with van der Waals surface area (Å²) in [6.45, 7) is 5.66. The fraction of sp³-hybridized carbons (Fsp3) is 0.619. The molecular weight excluding hydrogens is 467 g/mol. The standard InChI is InChI=1S/C21H34N4O2.HI/c1-4-12-27-19-13-16(2)10-11-17(19)14-23-21(22-3)24-15-20(26)25-18-8-6-5-7-9-18;/h10-11,13,18H,4-9,12,14-15H2,1-3H3,(H,25,26)(H2,22,23,24);1H. The van der Waals surface area contributed by atoms with Gasteiger partial charge in [-0.1, -0.05) is 38.3 Å². The number of carbonyl (C=O) groups is 1. The van der Waals surface area contributed by atoms with Crippen LogP contribution in [0.1, 0.15) is 56.6 Å². The summed E-state index contributed by atoms with van der Waals surface area (Å²) in [5.41, 5.74) is 2.25. The number of ether oxygens (including phenoxy) is 1. The highest BCUT2D eigenvalue weighted by molar-refractivity contribution is 14.0. The van der Waals surface area contributed by atoms with E-state index < -0.39 is 0 Å². The van der Waals surface area contributed by atoms with Crippen LogP contribution in [-0.2, 0) is 11.3 Å². The molecule has 1 saturated carbocycles. The minimum absolute atomic E-state index is 0. The molecule has 6 nitrogen and oxygen atoms in total. The van der Waals surface area contributed by atoms with Crippen LogP contribution in [0, 0.1) is 6.92 Å². The average Bonchev–Trinajstić information content (AvgIpc) is 2.68. The first-order valence-electron chi connectivity index (χ1n) is 10.1. The maximum absolute atomic E-state index is 12.1. The second kappa shape index (κ2) is 13.6. The molecule has 1 aliphatic carbocycles. The fourth-order valence-corrected chi connectivity index (χ4v) is 3.24. The van der Waals surface area contributed by atoms with Crippen LogP contribution in [0.15, 0.2) is 23.2 Å². The highest BCUT2D eigenvalue weighted by atomic mass is 127. The molecule has 0 radical (unpaired) electrons. The third-order valence-electron chi connectivity index (χ3n) is 4.74. The summed E-state index contributed by atoms with van der Waals surface area (Å²) in [5, 5.41) is 9.46. The van der Waals surface area contributed by atoms with Gasteiger partial charge in [0.25, 0.3) is 0 Å². The molecule has 0 aromatic heterocycles. The zero-order valence-electron chi connectivity index (χ0n) is 17.3. The number of nitrogens with zero attached hydrogens (tertiary/aromatic N) is 1. The maximum atomic E-state index is 12.1. The Labute approximate surface area is 186 Å². The van der Waals surface area contributed by atoms with Crippen molar-refractivity contribution in [2.75, 3.05) is 20.2 Å². The number of guanidine groups is 1. The van der Waals surface area contributed by atoms with Crippen molar-refractivity contribution in [1.29, 1.82) is 0 Å². The van der Waals surface area contributed by atoms with Crippen molar-refractivity contribution in [1.82, 2.24) is 16.0 Å².